The van der Waals surface area contributed by atoms with Gasteiger partial charge in [0.15, 0.2) is 11.6 Å². The van der Waals surface area contributed by atoms with E-state index in [4.69, 9.17) is 15.0 Å². The molecule has 6 aromatic carbocycles. The number of hydrogen-bond acceptors (Lipinski definition) is 3. The van der Waals surface area contributed by atoms with Crippen LogP contribution in [0.2, 0.25) is 0 Å². The van der Waals surface area contributed by atoms with Crippen molar-refractivity contribution in [2.45, 2.75) is 66.2 Å². The van der Waals surface area contributed by atoms with E-state index in [0.717, 1.165) is 29.8 Å². The summed E-state index contributed by atoms with van der Waals surface area (Å²) in [6.45, 7) is 14.0. The summed E-state index contributed by atoms with van der Waals surface area (Å²) in [5.41, 5.74) is 16.3. The van der Waals surface area contributed by atoms with Gasteiger partial charge < -0.3 is 0 Å². The molecule has 7 aromatic rings. The molecule has 266 valence electrons. The van der Waals surface area contributed by atoms with E-state index in [1.807, 2.05) is 18.2 Å². The maximum absolute atomic E-state index is 5.27. The number of rotatable bonds is 6. The highest BCUT2D eigenvalue weighted by molar-refractivity contribution is 5.99. The maximum Gasteiger partial charge on any atom is 0.164 e. The van der Waals surface area contributed by atoms with E-state index in [9.17, 15) is 0 Å². The molecule has 0 amide bonds. The molecule has 3 nitrogen and oxygen atoms in total. The Labute approximate surface area is 320 Å². The molecule has 2 aliphatic carbocycles. The molecule has 0 aliphatic heterocycles. The molecule has 54 heavy (non-hydrogen) atoms. The SMILES string of the molecule is CC(C)(C)Cc1ccc2c(c1)C1(c3cc(CC(C)(C)C)ccc3-2)c2ccccc2-c2c(-c3nc(Cc4ccccc4)nc(-c4ccccc4)n3)cccc21. The first-order valence-corrected chi connectivity index (χ1v) is 19.3. The molecule has 0 radical (unpaired) electrons. The van der Waals surface area contributed by atoms with Gasteiger partial charge in [-0.25, -0.2) is 15.0 Å². The fourth-order valence-corrected chi connectivity index (χ4v) is 9.07. The van der Waals surface area contributed by atoms with Gasteiger partial charge in [-0.15, -0.1) is 0 Å². The van der Waals surface area contributed by atoms with Crippen LogP contribution in [-0.4, -0.2) is 15.0 Å². The second kappa shape index (κ2) is 12.7. The van der Waals surface area contributed by atoms with Crippen LogP contribution in [0.5, 0.6) is 0 Å². The predicted octanol–water partition coefficient (Wildman–Crippen LogP) is 12.3. The highest BCUT2D eigenvalue weighted by atomic mass is 15.0. The Kier molecular flexibility index (Phi) is 8.04. The lowest BCUT2D eigenvalue weighted by Crippen LogP contribution is -2.26. The van der Waals surface area contributed by atoms with Crippen LogP contribution in [0.4, 0.5) is 0 Å². The summed E-state index contributed by atoms with van der Waals surface area (Å²) in [5.74, 6) is 2.17. The van der Waals surface area contributed by atoms with E-state index in [-0.39, 0.29) is 10.8 Å². The van der Waals surface area contributed by atoms with Gasteiger partial charge in [0.05, 0.1) is 5.41 Å². The molecule has 1 heterocycles. The molecule has 9 rings (SSSR count). The minimum atomic E-state index is -0.476. The Hall–Kier alpha value is -5.67. The summed E-state index contributed by atoms with van der Waals surface area (Å²) in [6.07, 6.45) is 2.64. The van der Waals surface area contributed by atoms with E-state index in [2.05, 4.69) is 163 Å². The van der Waals surface area contributed by atoms with E-state index in [1.165, 1.54) is 61.2 Å². The van der Waals surface area contributed by atoms with Gasteiger partial charge >= 0.3 is 0 Å². The van der Waals surface area contributed by atoms with Gasteiger partial charge in [-0.1, -0.05) is 181 Å². The molecule has 0 bridgehead atoms. The molecule has 0 N–H and O–H groups in total. The van der Waals surface area contributed by atoms with Crippen molar-refractivity contribution >= 4 is 0 Å². The molecule has 0 saturated carbocycles. The van der Waals surface area contributed by atoms with Crippen LogP contribution in [-0.2, 0) is 24.7 Å². The highest BCUT2D eigenvalue weighted by Gasteiger charge is 2.52. The highest BCUT2D eigenvalue weighted by Crippen LogP contribution is 2.64. The van der Waals surface area contributed by atoms with E-state index in [0.29, 0.717) is 18.1 Å². The smallest absolute Gasteiger partial charge is 0.164 e. The summed E-state index contributed by atoms with van der Waals surface area (Å²) < 4.78 is 0. The van der Waals surface area contributed by atoms with Crippen LogP contribution in [0.25, 0.3) is 45.0 Å². The number of benzene rings is 6. The van der Waals surface area contributed by atoms with Crippen molar-refractivity contribution in [3.05, 3.63) is 184 Å². The fourth-order valence-electron chi connectivity index (χ4n) is 9.07. The summed E-state index contributed by atoms with van der Waals surface area (Å²) in [4.78, 5) is 15.6. The van der Waals surface area contributed by atoms with Crippen molar-refractivity contribution in [1.82, 2.24) is 15.0 Å². The largest absolute Gasteiger partial charge is 0.213 e. The van der Waals surface area contributed by atoms with Gasteiger partial charge in [-0.2, -0.15) is 0 Å². The number of fused-ring (bicyclic) bond motifs is 10. The lowest BCUT2D eigenvalue weighted by Gasteiger charge is -2.32. The average molecular weight is 702 g/mol. The molecule has 0 unspecified atom stereocenters. The van der Waals surface area contributed by atoms with Gasteiger partial charge in [0.1, 0.15) is 5.82 Å². The van der Waals surface area contributed by atoms with Crippen molar-refractivity contribution in [3.63, 3.8) is 0 Å². The molecule has 0 atom stereocenters. The van der Waals surface area contributed by atoms with E-state index in [1.54, 1.807) is 0 Å². The quantitative estimate of drug-likeness (QED) is 0.173. The Morgan fingerprint density at radius 3 is 1.59 bits per heavy atom. The standard InChI is InChI=1S/C51H47N3/c1-49(2,3)31-34-24-26-37-38-27-25-35(32-50(4,5)6)29-44(38)51(43(37)28-34)41-22-14-13-20-39(41)46-40(21-15-23-42(46)51)48-53-45(30-33-16-9-7-10-17-33)52-47(54-48)36-18-11-8-12-19-36/h7-29H,30-32H2,1-6H3. The first-order valence-electron chi connectivity index (χ1n) is 19.3. The molecular weight excluding hydrogens is 655 g/mol. The molecule has 0 fully saturated rings. The molecule has 1 aromatic heterocycles. The van der Waals surface area contributed by atoms with Crippen molar-refractivity contribution in [2.24, 2.45) is 10.8 Å². The fraction of sp³-hybridized carbons (Fsp3) is 0.235. The summed E-state index contributed by atoms with van der Waals surface area (Å²) in [7, 11) is 0. The molecule has 2 aliphatic rings. The van der Waals surface area contributed by atoms with Gasteiger partial charge in [-0.3, -0.25) is 0 Å². The normalized spacial score (nSPS) is 13.7. The number of aromatic nitrogens is 3. The van der Waals surface area contributed by atoms with Gasteiger partial charge in [0.2, 0.25) is 0 Å². The van der Waals surface area contributed by atoms with Crippen LogP contribution in [0.15, 0.2) is 140 Å². The van der Waals surface area contributed by atoms with E-state index >= 15 is 0 Å². The first kappa shape index (κ1) is 34.1. The Bertz CT molecular complexity index is 2470. The summed E-state index contributed by atoms with van der Waals surface area (Å²) >= 11 is 0. The third kappa shape index (κ3) is 5.87. The lowest BCUT2D eigenvalue weighted by atomic mass is 9.69. The van der Waals surface area contributed by atoms with Gasteiger partial charge in [0, 0.05) is 17.5 Å². The van der Waals surface area contributed by atoms with Crippen molar-refractivity contribution in [3.8, 4) is 45.0 Å². The predicted molar refractivity (Wildman–Crippen MR) is 223 cm³/mol. The number of nitrogens with zero attached hydrogens (tertiary/aromatic N) is 3. The summed E-state index contributed by atoms with van der Waals surface area (Å²) in [6, 6.07) is 51.2. The van der Waals surface area contributed by atoms with Crippen LogP contribution in [0.1, 0.15) is 86.3 Å². The van der Waals surface area contributed by atoms with Crippen molar-refractivity contribution < 1.29 is 0 Å². The molecule has 3 heteroatoms. The monoisotopic (exact) mass is 701 g/mol. The zero-order valence-corrected chi connectivity index (χ0v) is 32.2. The topological polar surface area (TPSA) is 38.7 Å². The van der Waals surface area contributed by atoms with Gasteiger partial charge in [0.25, 0.3) is 0 Å². The minimum Gasteiger partial charge on any atom is -0.213 e. The van der Waals surface area contributed by atoms with Gasteiger partial charge in [-0.05, 0) is 84.9 Å². The second-order valence-corrected chi connectivity index (χ2v) is 17.7. The minimum absolute atomic E-state index is 0.165. The first-order chi connectivity index (χ1) is 26.0. The number of hydrogen-bond donors (Lipinski definition) is 0. The van der Waals surface area contributed by atoms with Crippen molar-refractivity contribution in [2.75, 3.05) is 0 Å². The third-order valence-corrected chi connectivity index (χ3v) is 11.0. The lowest BCUT2D eigenvalue weighted by molar-refractivity contribution is 0.411. The van der Waals surface area contributed by atoms with Crippen molar-refractivity contribution in [1.29, 1.82) is 0 Å². The molecule has 1 spiro atoms. The third-order valence-electron chi connectivity index (χ3n) is 11.0. The van der Waals surface area contributed by atoms with Crippen LogP contribution in [0, 0.1) is 10.8 Å². The zero-order chi connectivity index (χ0) is 37.2. The second-order valence-electron chi connectivity index (χ2n) is 17.7. The average Bonchev–Trinajstić information content (AvgIpc) is 3.61. The molecular formula is C51H47N3. The Balaban J connectivity index is 1.32. The van der Waals surface area contributed by atoms with E-state index < -0.39 is 5.41 Å². The van der Waals surface area contributed by atoms with Crippen LogP contribution < -0.4 is 0 Å². The molecule has 0 saturated heterocycles. The Morgan fingerprint density at radius 1 is 0.426 bits per heavy atom. The summed E-state index contributed by atoms with van der Waals surface area (Å²) in [5, 5.41) is 0. The maximum atomic E-state index is 5.27. The Morgan fingerprint density at radius 2 is 0.963 bits per heavy atom. The van der Waals surface area contributed by atoms with Crippen LogP contribution in [0.3, 0.4) is 0 Å². The zero-order valence-electron chi connectivity index (χ0n) is 32.2. The van der Waals surface area contributed by atoms with Crippen LogP contribution >= 0.6 is 0 Å².